The van der Waals surface area contributed by atoms with E-state index in [2.05, 4.69) is 53.4 Å². The molecule has 134 valence electrons. The molecule has 0 unspecified atom stereocenters. The third-order valence-electron chi connectivity index (χ3n) is 4.16. The quantitative estimate of drug-likeness (QED) is 0.454. The molecule has 0 aromatic heterocycles. The molecule has 1 aromatic carbocycles. The van der Waals surface area contributed by atoms with Gasteiger partial charge in [0.1, 0.15) is 0 Å². The predicted octanol–water partition coefficient (Wildman–Crippen LogP) is 6.18. The highest BCUT2D eigenvalue weighted by Gasteiger charge is 2.10. The van der Waals surface area contributed by atoms with Crippen LogP contribution in [-0.4, -0.2) is 29.6 Å². The van der Waals surface area contributed by atoms with Crippen molar-refractivity contribution in [1.82, 2.24) is 9.80 Å². The monoisotopic (exact) mass is 368 g/mol. The Balaban J connectivity index is 0.00000288. The topological polar surface area (TPSA) is 6.48 Å². The van der Waals surface area contributed by atoms with Crippen molar-refractivity contribution < 1.29 is 0 Å². The van der Waals surface area contributed by atoms with Crippen LogP contribution >= 0.6 is 24.0 Å². The van der Waals surface area contributed by atoms with E-state index >= 15 is 0 Å². The lowest BCUT2D eigenvalue weighted by molar-refractivity contribution is 0.264. The van der Waals surface area contributed by atoms with Gasteiger partial charge in [0.25, 0.3) is 0 Å². The van der Waals surface area contributed by atoms with Gasteiger partial charge in [-0.15, -0.1) is 12.4 Å². The van der Waals surface area contributed by atoms with Crippen LogP contribution in [0.2, 0.25) is 5.02 Å². The zero-order chi connectivity index (χ0) is 16.3. The van der Waals surface area contributed by atoms with E-state index in [-0.39, 0.29) is 12.4 Å². The minimum atomic E-state index is 0. The summed E-state index contributed by atoms with van der Waals surface area (Å²) in [5, 5.41) is 0.791. The SMILES string of the molecule is CCCCCCCN1C=CN(CC/C=C/c2ccc(Cl)cc2)C1.Cl. The van der Waals surface area contributed by atoms with Gasteiger partial charge in [0.15, 0.2) is 0 Å². The van der Waals surface area contributed by atoms with Gasteiger partial charge in [0.05, 0.1) is 6.67 Å². The molecule has 0 N–H and O–H groups in total. The van der Waals surface area contributed by atoms with E-state index in [1.54, 1.807) is 0 Å². The zero-order valence-corrected chi connectivity index (χ0v) is 16.2. The molecule has 0 atom stereocenters. The predicted molar refractivity (Wildman–Crippen MR) is 109 cm³/mol. The molecule has 0 saturated heterocycles. The van der Waals surface area contributed by atoms with Gasteiger partial charge in [0, 0.05) is 30.5 Å². The van der Waals surface area contributed by atoms with Gasteiger partial charge in [-0.05, 0) is 30.5 Å². The number of benzene rings is 1. The van der Waals surface area contributed by atoms with Crippen LogP contribution in [-0.2, 0) is 0 Å². The van der Waals surface area contributed by atoms with E-state index in [0.29, 0.717) is 0 Å². The first kappa shape index (κ1) is 20.9. The highest BCUT2D eigenvalue weighted by Crippen LogP contribution is 2.12. The standard InChI is InChI=1S/C20H29ClN2.ClH/c1-2-3-4-5-7-14-22-16-17-23(18-22)15-8-6-9-19-10-12-20(21)13-11-19;/h6,9-13,16-17H,2-5,7-8,14-15,18H2,1H3;1H/b9-6+;. The van der Waals surface area contributed by atoms with Crippen LogP contribution < -0.4 is 0 Å². The summed E-state index contributed by atoms with van der Waals surface area (Å²) in [6.07, 6.45) is 16.7. The van der Waals surface area contributed by atoms with Crippen LogP contribution in [0.15, 0.2) is 42.7 Å². The van der Waals surface area contributed by atoms with Crippen LogP contribution in [0.1, 0.15) is 51.0 Å². The van der Waals surface area contributed by atoms with E-state index in [4.69, 9.17) is 11.6 Å². The molecule has 1 heterocycles. The van der Waals surface area contributed by atoms with Gasteiger partial charge < -0.3 is 9.80 Å². The smallest absolute Gasteiger partial charge is 0.0893 e. The molecular formula is C20H30Cl2N2. The fraction of sp³-hybridized carbons (Fsp3) is 0.500. The number of hydrogen-bond acceptors (Lipinski definition) is 2. The Morgan fingerprint density at radius 1 is 0.958 bits per heavy atom. The first-order valence-electron chi connectivity index (χ1n) is 8.86. The first-order chi connectivity index (χ1) is 11.3. The van der Waals surface area contributed by atoms with Gasteiger partial charge in [-0.2, -0.15) is 0 Å². The maximum Gasteiger partial charge on any atom is 0.0893 e. The second kappa shape index (κ2) is 12.3. The second-order valence-corrected chi connectivity index (χ2v) is 6.66. The Bertz CT molecular complexity index is 497. The van der Waals surface area contributed by atoms with Gasteiger partial charge in [-0.1, -0.05) is 68.5 Å². The Labute approximate surface area is 158 Å². The zero-order valence-electron chi connectivity index (χ0n) is 14.7. The highest BCUT2D eigenvalue weighted by atomic mass is 35.5. The summed E-state index contributed by atoms with van der Waals surface area (Å²) in [5.74, 6) is 0. The molecule has 4 heteroatoms. The Hall–Kier alpha value is -1.12. The van der Waals surface area contributed by atoms with Gasteiger partial charge in [-0.3, -0.25) is 0 Å². The van der Waals surface area contributed by atoms with Crippen LogP contribution in [0, 0.1) is 0 Å². The van der Waals surface area contributed by atoms with Crippen LogP contribution in [0.3, 0.4) is 0 Å². The fourth-order valence-electron chi connectivity index (χ4n) is 2.76. The van der Waals surface area contributed by atoms with E-state index in [1.165, 1.54) is 44.2 Å². The Morgan fingerprint density at radius 2 is 1.62 bits per heavy atom. The summed E-state index contributed by atoms with van der Waals surface area (Å²) in [6, 6.07) is 7.97. The summed E-state index contributed by atoms with van der Waals surface area (Å²) in [5.41, 5.74) is 1.21. The van der Waals surface area contributed by atoms with E-state index in [9.17, 15) is 0 Å². The minimum Gasteiger partial charge on any atom is -0.359 e. The largest absolute Gasteiger partial charge is 0.359 e. The normalized spacial score (nSPS) is 13.8. The first-order valence-corrected chi connectivity index (χ1v) is 9.24. The molecule has 0 radical (unpaired) electrons. The molecule has 0 amide bonds. The highest BCUT2D eigenvalue weighted by molar-refractivity contribution is 6.30. The molecule has 24 heavy (non-hydrogen) atoms. The molecule has 1 aliphatic heterocycles. The third-order valence-corrected chi connectivity index (χ3v) is 4.42. The number of rotatable bonds is 10. The van der Waals surface area contributed by atoms with E-state index in [0.717, 1.165) is 24.7 Å². The maximum absolute atomic E-state index is 5.89. The lowest BCUT2D eigenvalue weighted by Gasteiger charge is -2.20. The van der Waals surface area contributed by atoms with Gasteiger partial charge >= 0.3 is 0 Å². The molecule has 2 rings (SSSR count). The van der Waals surface area contributed by atoms with Crippen molar-refractivity contribution in [3.63, 3.8) is 0 Å². The fourth-order valence-corrected chi connectivity index (χ4v) is 2.88. The van der Waals surface area contributed by atoms with Crippen molar-refractivity contribution in [2.75, 3.05) is 19.8 Å². The van der Waals surface area contributed by atoms with Gasteiger partial charge in [-0.25, -0.2) is 0 Å². The van der Waals surface area contributed by atoms with Crippen molar-refractivity contribution in [3.05, 3.63) is 53.3 Å². The number of halogens is 2. The molecule has 0 aliphatic carbocycles. The summed E-state index contributed by atoms with van der Waals surface area (Å²) in [4.78, 5) is 4.81. The van der Waals surface area contributed by atoms with Crippen molar-refractivity contribution in [2.24, 2.45) is 0 Å². The third kappa shape index (κ3) is 8.12. The van der Waals surface area contributed by atoms with Crippen molar-refractivity contribution in [2.45, 2.75) is 45.4 Å². The lowest BCUT2D eigenvalue weighted by Crippen LogP contribution is -2.26. The van der Waals surface area contributed by atoms with Crippen LogP contribution in [0.4, 0.5) is 0 Å². The summed E-state index contributed by atoms with van der Waals surface area (Å²) >= 11 is 5.89. The van der Waals surface area contributed by atoms with Gasteiger partial charge in [0.2, 0.25) is 0 Å². The van der Waals surface area contributed by atoms with Crippen molar-refractivity contribution in [3.8, 4) is 0 Å². The van der Waals surface area contributed by atoms with E-state index in [1.807, 2.05) is 12.1 Å². The molecule has 2 nitrogen and oxygen atoms in total. The number of hydrogen-bond donors (Lipinski definition) is 0. The van der Waals surface area contributed by atoms with E-state index < -0.39 is 0 Å². The summed E-state index contributed by atoms with van der Waals surface area (Å²) < 4.78 is 0. The average molecular weight is 369 g/mol. The Kier molecular flexibility index (Phi) is 10.7. The molecule has 0 bridgehead atoms. The Morgan fingerprint density at radius 3 is 2.33 bits per heavy atom. The lowest BCUT2D eigenvalue weighted by atomic mass is 10.1. The summed E-state index contributed by atoms with van der Waals surface area (Å²) in [6.45, 7) is 5.58. The molecular weight excluding hydrogens is 339 g/mol. The van der Waals surface area contributed by atoms with Crippen LogP contribution in [0.5, 0.6) is 0 Å². The second-order valence-electron chi connectivity index (χ2n) is 6.22. The number of nitrogens with zero attached hydrogens (tertiary/aromatic N) is 2. The molecule has 1 aliphatic rings. The molecule has 1 aromatic rings. The maximum atomic E-state index is 5.89. The molecule has 0 saturated carbocycles. The summed E-state index contributed by atoms with van der Waals surface area (Å²) in [7, 11) is 0. The van der Waals surface area contributed by atoms with Crippen molar-refractivity contribution >= 4 is 30.1 Å². The minimum absolute atomic E-state index is 0. The molecule has 0 spiro atoms. The molecule has 0 fully saturated rings. The number of unbranched alkanes of at least 4 members (excludes halogenated alkanes) is 4. The van der Waals surface area contributed by atoms with Crippen LogP contribution in [0.25, 0.3) is 6.08 Å². The average Bonchev–Trinajstić information content (AvgIpc) is 3.01. The van der Waals surface area contributed by atoms with Crippen molar-refractivity contribution in [1.29, 1.82) is 0 Å².